The van der Waals surface area contributed by atoms with E-state index in [1.165, 1.54) is 11.1 Å². The van der Waals surface area contributed by atoms with Gasteiger partial charge < -0.3 is 59.3 Å². The molecule has 17 aromatic rings. The highest BCUT2D eigenvalue weighted by Crippen LogP contribution is 2.43. The second-order valence-corrected chi connectivity index (χ2v) is 40.3. The van der Waals surface area contributed by atoms with E-state index in [2.05, 4.69) is 354 Å². The van der Waals surface area contributed by atoms with E-state index in [0.717, 1.165) is 233 Å². The number of benzene rings is 7. The second-order valence-electron chi connectivity index (χ2n) is 39.1. The van der Waals surface area contributed by atoms with E-state index in [0.29, 0.717) is 73.9 Å². The van der Waals surface area contributed by atoms with Gasteiger partial charge in [0.25, 0.3) is 0 Å². The fraction of sp³-hybridized carbons (Fsp3) is 0.351. The third kappa shape index (κ3) is 25.6. The van der Waals surface area contributed by atoms with Crippen molar-refractivity contribution in [1.29, 1.82) is 0 Å². The summed E-state index contributed by atoms with van der Waals surface area (Å²) in [4.78, 5) is 78.4. The van der Waals surface area contributed by atoms with Crippen molar-refractivity contribution in [2.75, 3.05) is 43.4 Å². The minimum Gasteiger partial charge on any atom is -0.454 e. The molecule has 28 nitrogen and oxygen atoms in total. The Balaban J connectivity index is 0.000000123. The first kappa shape index (κ1) is 103. The standard InChI is InChI=1S/C15H16N4.C15H15N3.C15H16N2O2.C14H14N4.C14H16N4.2C14H14N2O2.C13H27NS/c1-9(2)14-10(3)15(19-8-18-14)11-4-5-12-13(6-11)17-7-16-12;1-10(2)13-8-15(18-9-17-13)12-4-3-11-5-6-16-14(11)7-12;1-9(2)14-10(3)15(17-7-16-14)11-4-5-12-13(6-11)19-8-18-12;1-9(2)11-6-15-7-18-14(11)10-3-4-12-13(5-10)17-8-16-12;1-9(2)12-6-13(17-8-16-12)10-3-4-11-14(5-10)18-7-15-11;1-9(2)11-6-12(16-7-15-11)10-3-4-13-14(5-10)18-8-17-13;1-9(2)11-6-15-7-16-14(11)10-3-4-12-13(5-10)18-8-17-12;1-8(2)11-7-15-13(10(5)6)12(14-11)9(3)4/h4-9H,1-3H3,(H,16,17);3-10,16H,1-2H3;4-7,9H,8H2,1-3H3;3-9H,1-2H3,(H,16,17);3-6,8-9,15,18H,7H2,1-2H3;2*3-7,9H,8H2,1-2H3;8-14H,7H2,1-6H3. The number of hydrogen-bond acceptors (Lipinski definition) is 26. The zero-order chi connectivity index (χ0) is 101. The lowest BCUT2D eigenvalue weighted by Crippen LogP contribution is -2.55. The van der Waals surface area contributed by atoms with Gasteiger partial charge in [-0.2, -0.15) is 11.8 Å². The SMILES string of the molecule is CC(C)C1CSC(C(C)C)C(C(C)C)N1.CC(C)c1cc(-c2ccc3c(c2)NCN3)ncn1.CC(C)c1cc(-c2ccc3c(c2)OCO3)ncn1.CC(C)c1cc(-c2ccc3cc[nH]c3c2)ncn1.CC(C)c1cncnc1-c1ccc2c(c1)OCO2.CC(C)c1cncnc1-c1ccc2nc[nH]c2c1.Cc1c(-c2ccc3c(c2)OCO3)ncnc1C(C)C.Cc1c(-c2ccc3nc[nH]c3c2)ncnc1C(C)C. The molecule has 10 aromatic heterocycles. The van der Waals surface area contributed by atoms with Crippen LogP contribution in [-0.4, -0.2) is 145 Å². The van der Waals surface area contributed by atoms with Gasteiger partial charge in [-0.3, -0.25) is 0 Å². The third-order valence-electron chi connectivity index (χ3n) is 25.4. The molecule has 1 fully saturated rings. The number of aromatic nitrogens is 19. The van der Waals surface area contributed by atoms with Gasteiger partial charge in [0.05, 0.1) is 92.6 Å². The molecule has 143 heavy (non-hydrogen) atoms. The number of fused-ring (bicyclic) bond motifs is 7. The predicted molar refractivity (Wildman–Crippen MR) is 573 cm³/mol. The molecule has 0 aliphatic carbocycles. The maximum Gasteiger partial charge on any atom is 0.231 e. The molecule has 0 radical (unpaired) electrons. The number of rotatable bonds is 17. The van der Waals surface area contributed by atoms with Gasteiger partial charge in [-0.05, 0) is 222 Å². The molecule has 22 rings (SSSR count). The molecule has 3 unspecified atom stereocenters. The predicted octanol–water partition coefficient (Wildman–Crippen LogP) is 26.1. The van der Waals surface area contributed by atoms with Gasteiger partial charge >= 0.3 is 0 Å². The van der Waals surface area contributed by atoms with Crippen LogP contribution in [-0.2, 0) is 0 Å². The van der Waals surface area contributed by atoms with E-state index in [1.54, 1.807) is 56.9 Å². The molecule has 29 heteroatoms. The molecule has 15 heterocycles. The van der Waals surface area contributed by atoms with Gasteiger partial charge in [0, 0.05) is 115 Å². The molecule has 5 aliphatic heterocycles. The van der Waals surface area contributed by atoms with Gasteiger partial charge in [-0.15, -0.1) is 0 Å². The number of hydrogen-bond donors (Lipinski definition) is 6. The Kier molecular flexibility index (Phi) is 34.3. The summed E-state index contributed by atoms with van der Waals surface area (Å²) in [6.45, 7) is 49.8. The van der Waals surface area contributed by atoms with Crippen LogP contribution in [0, 0.1) is 31.6 Å². The largest absolute Gasteiger partial charge is 0.454 e. The number of thioether (sulfide) groups is 1. The highest BCUT2D eigenvalue weighted by Gasteiger charge is 2.35. The highest BCUT2D eigenvalue weighted by atomic mass is 32.2. The summed E-state index contributed by atoms with van der Waals surface area (Å²) in [6.07, 6.45) is 20.5. The number of anilines is 2. The zero-order valence-electron chi connectivity index (χ0n) is 85.9. The molecule has 5 aliphatic rings. The topological polar surface area (TPSA) is 345 Å². The molecule has 0 bridgehead atoms. The van der Waals surface area contributed by atoms with Crippen LogP contribution in [0.3, 0.4) is 0 Å². The zero-order valence-corrected chi connectivity index (χ0v) is 86.7. The minimum absolute atomic E-state index is 0.290. The molecular formula is C114H132N22O6S. The van der Waals surface area contributed by atoms with E-state index < -0.39 is 0 Å². The third-order valence-corrected chi connectivity index (χ3v) is 27.2. The lowest BCUT2D eigenvalue weighted by molar-refractivity contribution is 0.173. The van der Waals surface area contributed by atoms with Crippen molar-refractivity contribution in [3.8, 4) is 113 Å². The maximum absolute atomic E-state index is 5.41. The Labute approximate surface area is 842 Å². The smallest absolute Gasteiger partial charge is 0.231 e. The van der Waals surface area contributed by atoms with Crippen molar-refractivity contribution in [3.63, 3.8) is 0 Å². The summed E-state index contributed by atoms with van der Waals surface area (Å²) in [5.41, 5.74) is 31.7. The molecule has 0 saturated carbocycles. The molecular weight excluding hydrogens is 1810 g/mol. The Bertz CT molecular complexity index is 7030. The maximum atomic E-state index is 5.41. The van der Waals surface area contributed by atoms with E-state index in [4.69, 9.17) is 28.4 Å². The summed E-state index contributed by atoms with van der Waals surface area (Å²) in [6, 6.07) is 52.2. The van der Waals surface area contributed by atoms with Crippen LogP contribution in [0.5, 0.6) is 34.5 Å². The van der Waals surface area contributed by atoms with Crippen molar-refractivity contribution in [3.05, 3.63) is 278 Å². The van der Waals surface area contributed by atoms with Gasteiger partial charge in [-0.25, -0.2) is 79.7 Å². The second kappa shape index (κ2) is 47.7. The highest BCUT2D eigenvalue weighted by molar-refractivity contribution is 8.00. The summed E-state index contributed by atoms with van der Waals surface area (Å²) >= 11 is 2.18. The molecule has 0 amide bonds. The number of nitrogens with one attached hydrogen (secondary N) is 6. The number of H-pyrrole nitrogens is 3. The summed E-state index contributed by atoms with van der Waals surface area (Å²) in [7, 11) is 0. The van der Waals surface area contributed by atoms with Crippen molar-refractivity contribution in [2.45, 2.75) is 211 Å². The van der Waals surface area contributed by atoms with E-state index in [1.807, 2.05) is 91.4 Å². The van der Waals surface area contributed by atoms with Gasteiger partial charge in [0.2, 0.25) is 20.4 Å². The van der Waals surface area contributed by atoms with E-state index in [-0.39, 0.29) is 0 Å². The van der Waals surface area contributed by atoms with Gasteiger partial charge in [0.15, 0.2) is 34.5 Å². The fourth-order valence-corrected chi connectivity index (χ4v) is 19.1. The van der Waals surface area contributed by atoms with Crippen LogP contribution in [0.2, 0.25) is 0 Å². The Hall–Kier alpha value is -14.7. The summed E-state index contributed by atoms with van der Waals surface area (Å²) in [5.74, 6) is 11.1. The lowest BCUT2D eigenvalue weighted by Gasteiger charge is -2.42. The summed E-state index contributed by atoms with van der Waals surface area (Å²) < 4.78 is 32.1. The lowest BCUT2D eigenvalue weighted by atomic mass is 9.91. The van der Waals surface area contributed by atoms with Crippen molar-refractivity contribution in [2.24, 2.45) is 17.8 Å². The Morgan fingerprint density at radius 1 is 0.315 bits per heavy atom. The first-order chi connectivity index (χ1) is 69.0. The minimum atomic E-state index is 0.290. The first-order valence-corrected chi connectivity index (χ1v) is 50.4. The first-order valence-electron chi connectivity index (χ1n) is 49.3. The summed E-state index contributed by atoms with van der Waals surface area (Å²) in [5, 5.41) is 12.4. The van der Waals surface area contributed by atoms with Crippen LogP contribution in [0.4, 0.5) is 11.4 Å². The average molecular weight is 1940 g/mol. The van der Waals surface area contributed by atoms with Crippen LogP contribution in [0.25, 0.3) is 112 Å². The van der Waals surface area contributed by atoms with Gasteiger partial charge in [-0.1, -0.05) is 169 Å². The molecule has 0 spiro atoms. The van der Waals surface area contributed by atoms with Crippen LogP contribution in [0.1, 0.15) is 231 Å². The molecule has 7 aromatic carbocycles. The molecule has 6 N–H and O–H groups in total. The van der Waals surface area contributed by atoms with Crippen LogP contribution < -0.4 is 44.4 Å². The quantitative estimate of drug-likeness (QED) is 0.0493. The van der Waals surface area contributed by atoms with E-state index >= 15 is 0 Å². The Morgan fingerprint density at radius 2 is 0.706 bits per heavy atom. The van der Waals surface area contributed by atoms with Crippen molar-refractivity contribution >= 4 is 56.1 Å². The molecule has 1 saturated heterocycles. The number of ether oxygens (including phenoxy) is 6. The van der Waals surface area contributed by atoms with Crippen molar-refractivity contribution in [1.82, 2.24) is 100 Å². The Morgan fingerprint density at radius 3 is 1.16 bits per heavy atom. The fourth-order valence-electron chi connectivity index (χ4n) is 17.2. The molecule has 740 valence electrons. The van der Waals surface area contributed by atoms with E-state index in [9.17, 15) is 0 Å². The van der Waals surface area contributed by atoms with Gasteiger partial charge in [0.1, 0.15) is 44.3 Å². The van der Waals surface area contributed by atoms with Crippen LogP contribution >= 0.6 is 11.8 Å². The number of imidazole rings is 2. The number of nitrogens with zero attached hydrogens (tertiary/aromatic N) is 16. The van der Waals surface area contributed by atoms with Crippen molar-refractivity contribution < 1.29 is 28.4 Å². The number of aromatic amines is 3. The average Bonchev–Trinajstić information content (AvgIpc) is 1.76. The van der Waals surface area contributed by atoms with Crippen LogP contribution in [0.15, 0.2) is 227 Å². The monoisotopic (exact) mass is 1940 g/mol. The normalized spacial score (nSPS) is 14.5. The molecule has 3 atom stereocenters.